The van der Waals surface area contributed by atoms with Crippen LogP contribution in [0.15, 0.2) is 24.3 Å². The Kier molecular flexibility index (Phi) is 3.81. The van der Waals surface area contributed by atoms with Gasteiger partial charge in [-0.15, -0.1) is 0 Å². The maximum absolute atomic E-state index is 12.5. The number of piperazine rings is 1. The summed E-state index contributed by atoms with van der Waals surface area (Å²) in [4.78, 5) is 38.9. The summed E-state index contributed by atoms with van der Waals surface area (Å²) in [5.41, 5.74) is 7.17. The van der Waals surface area contributed by atoms with Crippen LogP contribution in [0.3, 0.4) is 0 Å². The van der Waals surface area contributed by atoms with Gasteiger partial charge in [-0.2, -0.15) is 0 Å². The van der Waals surface area contributed by atoms with Gasteiger partial charge in [0.05, 0.1) is 6.54 Å². The highest BCUT2D eigenvalue weighted by atomic mass is 16.2. The van der Waals surface area contributed by atoms with E-state index in [0.29, 0.717) is 25.2 Å². The van der Waals surface area contributed by atoms with Gasteiger partial charge < -0.3 is 15.5 Å². The first-order valence-corrected chi connectivity index (χ1v) is 7.30. The number of hydrogen-bond donors (Lipinski definition) is 2. The number of rotatable bonds is 3. The molecule has 7 heteroatoms. The smallest absolute Gasteiger partial charge is 0.324 e. The van der Waals surface area contributed by atoms with Crippen molar-refractivity contribution in [2.75, 3.05) is 26.2 Å². The lowest BCUT2D eigenvalue weighted by Crippen LogP contribution is -2.54. The molecule has 0 radical (unpaired) electrons. The molecule has 3 N–H and O–H groups in total. The number of fused-ring (bicyclic) bond motifs is 1. The molecule has 0 bridgehead atoms. The number of benzene rings is 1. The summed E-state index contributed by atoms with van der Waals surface area (Å²) >= 11 is 0. The lowest BCUT2D eigenvalue weighted by molar-refractivity contribution is -0.122. The zero-order valence-corrected chi connectivity index (χ0v) is 12.1. The number of imide groups is 1. The highest BCUT2D eigenvalue weighted by Gasteiger charge is 2.43. The van der Waals surface area contributed by atoms with E-state index >= 15 is 0 Å². The van der Waals surface area contributed by atoms with E-state index in [1.54, 1.807) is 17.0 Å². The van der Waals surface area contributed by atoms with Gasteiger partial charge in [-0.1, -0.05) is 12.1 Å². The van der Waals surface area contributed by atoms with Crippen molar-refractivity contribution in [3.8, 4) is 0 Å². The zero-order chi connectivity index (χ0) is 15.7. The minimum Gasteiger partial charge on any atom is -0.334 e. The first-order chi connectivity index (χ1) is 10.6. The number of nitrogens with one attached hydrogen (secondary N) is 1. The minimum atomic E-state index is -0.568. The van der Waals surface area contributed by atoms with Crippen molar-refractivity contribution >= 4 is 17.8 Å². The van der Waals surface area contributed by atoms with Crippen LogP contribution in [0.1, 0.15) is 15.9 Å². The maximum atomic E-state index is 12.5. The predicted molar refractivity (Wildman–Crippen MR) is 79.1 cm³/mol. The highest BCUT2D eigenvalue weighted by Crippen LogP contribution is 2.17. The van der Waals surface area contributed by atoms with Gasteiger partial charge in [0.25, 0.3) is 11.8 Å². The summed E-state index contributed by atoms with van der Waals surface area (Å²) in [6.45, 7) is 1.61. The SMILES string of the molecule is NCCc1ccc(C(=O)N2CCN3C(=O)NC(=O)C3C2)cc1. The van der Waals surface area contributed by atoms with Gasteiger partial charge in [-0.25, -0.2) is 4.79 Å². The zero-order valence-electron chi connectivity index (χ0n) is 12.1. The molecular formula is C15H18N4O3. The monoisotopic (exact) mass is 302 g/mol. The Morgan fingerprint density at radius 1 is 1.23 bits per heavy atom. The molecule has 7 nitrogen and oxygen atoms in total. The van der Waals surface area contributed by atoms with Gasteiger partial charge in [0.1, 0.15) is 6.04 Å². The number of nitrogens with zero attached hydrogens (tertiary/aromatic N) is 2. The number of carbonyl (C=O) groups is 3. The summed E-state index contributed by atoms with van der Waals surface area (Å²) in [6, 6.07) is 6.40. The number of hydrogen-bond acceptors (Lipinski definition) is 4. The minimum absolute atomic E-state index is 0.119. The summed E-state index contributed by atoms with van der Waals surface area (Å²) in [7, 11) is 0. The fourth-order valence-electron chi connectivity index (χ4n) is 2.86. The molecule has 0 spiro atoms. The Morgan fingerprint density at radius 3 is 2.64 bits per heavy atom. The lowest BCUT2D eigenvalue weighted by Gasteiger charge is -2.35. The summed E-state index contributed by atoms with van der Waals surface area (Å²) in [5, 5.41) is 2.28. The van der Waals surface area contributed by atoms with Crippen molar-refractivity contribution in [2.24, 2.45) is 5.73 Å². The third kappa shape index (κ3) is 2.55. The van der Waals surface area contributed by atoms with E-state index in [1.165, 1.54) is 4.90 Å². The molecule has 1 aromatic carbocycles. The summed E-state index contributed by atoms with van der Waals surface area (Å²) in [6.07, 6.45) is 0.775. The van der Waals surface area contributed by atoms with E-state index in [-0.39, 0.29) is 24.4 Å². The Hall–Kier alpha value is -2.41. The topological polar surface area (TPSA) is 95.7 Å². The third-order valence-corrected chi connectivity index (χ3v) is 4.10. The van der Waals surface area contributed by atoms with Crippen LogP contribution in [0.2, 0.25) is 0 Å². The molecule has 2 aliphatic rings. The van der Waals surface area contributed by atoms with Crippen molar-refractivity contribution < 1.29 is 14.4 Å². The molecule has 0 saturated carbocycles. The van der Waals surface area contributed by atoms with E-state index in [1.807, 2.05) is 12.1 Å². The first kappa shape index (κ1) is 14.5. The van der Waals surface area contributed by atoms with Gasteiger partial charge in [0.2, 0.25) is 0 Å². The molecule has 0 aliphatic carbocycles. The second kappa shape index (κ2) is 5.76. The van der Waals surface area contributed by atoms with Crippen LogP contribution in [0.5, 0.6) is 0 Å². The van der Waals surface area contributed by atoms with Crippen LogP contribution >= 0.6 is 0 Å². The molecule has 4 amide bonds. The molecule has 1 aromatic rings. The normalized spacial score (nSPS) is 20.9. The molecule has 2 aliphatic heterocycles. The second-order valence-electron chi connectivity index (χ2n) is 5.49. The molecule has 22 heavy (non-hydrogen) atoms. The van der Waals surface area contributed by atoms with Gasteiger partial charge in [-0.05, 0) is 30.7 Å². The van der Waals surface area contributed by atoms with Crippen molar-refractivity contribution in [1.82, 2.24) is 15.1 Å². The Bertz CT molecular complexity index is 614. The van der Waals surface area contributed by atoms with Crippen LogP contribution in [-0.2, 0) is 11.2 Å². The molecule has 1 atom stereocenters. The Labute approximate surface area is 128 Å². The molecule has 1 unspecified atom stereocenters. The maximum Gasteiger partial charge on any atom is 0.324 e. The van der Waals surface area contributed by atoms with Crippen LogP contribution in [0, 0.1) is 0 Å². The van der Waals surface area contributed by atoms with Crippen LogP contribution in [0.4, 0.5) is 4.79 Å². The van der Waals surface area contributed by atoms with Crippen molar-refractivity contribution in [3.63, 3.8) is 0 Å². The quantitative estimate of drug-likeness (QED) is 0.740. The lowest BCUT2D eigenvalue weighted by atomic mass is 10.1. The molecule has 3 rings (SSSR count). The molecule has 116 valence electrons. The third-order valence-electron chi connectivity index (χ3n) is 4.10. The summed E-state index contributed by atoms with van der Waals surface area (Å²) in [5.74, 6) is -0.452. The average Bonchev–Trinajstić information content (AvgIpc) is 2.82. The van der Waals surface area contributed by atoms with Gasteiger partial charge in [0.15, 0.2) is 0 Å². The Morgan fingerprint density at radius 2 is 1.95 bits per heavy atom. The van der Waals surface area contributed by atoms with Crippen molar-refractivity contribution in [3.05, 3.63) is 35.4 Å². The van der Waals surface area contributed by atoms with Crippen LogP contribution in [-0.4, -0.2) is 59.9 Å². The summed E-state index contributed by atoms with van der Waals surface area (Å²) < 4.78 is 0. The van der Waals surface area contributed by atoms with Gasteiger partial charge >= 0.3 is 6.03 Å². The molecule has 0 aromatic heterocycles. The fraction of sp³-hybridized carbons (Fsp3) is 0.400. The van der Waals surface area contributed by atoms with Crippen molar-refractivity contribution in [1.29, 1.82) is 0 Å². The van der Waals surface area contributed by atoms with E-state index in [9.17, 15) is 14.4 Å². The first-order valence-electron chi connectivity index (χ1n) is 7.30. The van der Waals surface area contributed by atoms with Crippen LogP contribution < -0.4 is 11.1 Å². The largest absolute Gasteiger partial charge is 0.334 e. The highest BCUT2D eigenvalue weighted by molar-refractivity contribution is 6.05. The number of carbonyl (C=O) groups excluding carboxylic acids is 3. The average molecular weight is 302 g/mol. The van der Waals surface area contributed by atoms with Crippen molar-refractivity contribution in [2.45, 2.75) is 12.5 Å². The fourth-order valence-corrected chi connectivity index (χ4v) is 2.86. The van der Waals surface area contributed by atoms with E-state index < -0.39 is 6.04 Å². The van der Waals surface area contributed by atoms with E-state index in [0.717, 1.165) is 12.0 Å². The van der Waals surface area contributed by atoms with Gasteiger partial charge in [0, 0.05) is 18.7 Å². The second-order valence-corrected chi connectivity index (χ2v) is 5.49. The Balaban J connectivity index is 1.70. The molecule has 2 fully saturated rings. The number of amides is 4. The predicted octanol–water partition coefficient (Wildman–Crippen LogP) is -0.436. The van der Waals surface area contributed by atoms with E-state index in [4.69, 9.17) is 5.73 Å². The molecular weight excluding hydrogens is 284 g/mol. The van der Waals surface area contributed by atoms with Gasteiger partial charge in [-0.3, -0.25) is 14.9 Å². The molecule has 2 heterocycles. The number of urea groups is 1. The van der Waals surface area contributed by atoms with Crippen LogP contribution in [0.25, 0.3) is 0 Å². The van der Waals surface area contributed by atoms with E-state index in [2.05, 4.69) is 5.32 Å². The molecule has 2 saturated heterocycles. The number of nitrogens with two attached hydrogens (primary N) is 1. The standard InChI is InChI=1S/C15H18N4O3/c16-6-5-10-1-3-11(4-2-10)14(21)18-7-8-19-12(9-18)13(20)17-15(19)22/h1-4,12H,5-9,16H2,(H,17,20,22).